The van der Waals surface area contributed by atoms with Gasteiger partial charge in [-0.2, -0.15) is 0 Å². The van der Waals surface area contributed by atoms with Crippen LogP contribution < -0.4 is 15.4 Å². The van der Waals surface area contributed by atoms with Crippen molar-refractivity contribution in [3.8, 4) is 5.75 Å². The molecule has 0 bridgehead atoms. The molecule has 0 amide bonds. The molecule has 0 heterocycles. The quantitative estimate of drug-likeness (QED) is 0.286. The molecule has 5 nitrogen and oxygen atoms in total. The van der Waals surface area contributed by atoms with E-state index >= 15 is 0 Å². The summed E-state index contributed by atoms with van der Waals surface area (Å²) in [5, 5.41) is 6.62. The van der Waals surface area contributed by atoms with Gasteiger partial charge in [0, 0.05) is 56.1 Å². The molecule has 0 saturated heterocycles. The van der Waals surface area contributed by atoms with Crippen molar-refractivity contribution in [2.45, 2.75) is 11.3 Å². The molecular formula is C20H27N3O2S. The van der Waals surface area contributed by atoms with Gasteiger partial charge in [-0.1, -0.05) is 24.3 Å². The third-order valence-corrected chi connectivity index (χ3v) is 4.50. The minimum absolute atomic E-state index is 0.640. The minimum atomic E-state index is 0.640. The Balaban J connectivity index is 1.74. The third kappa shape index (κ3) is 7.80. The molecule has 0 spiro atoms. The topological polar surface area (TPSA) is 54.9 Å². The Morgan fingerprint density at radius 2 is 1.92 bits per heavy atom. The number of anilines is 1. The van der Waals surface area contributed by atoms with Crippen LogP contribution in [0.2, 0.25) is 0 Å². The van der Waals surface area contributed by atoms with E-state index in [1.165, 1.54) is 4.90 Å². The van der Waals surface area contributed by atoms with Crippen LogP contribution in [0.1, 0.15) is 6.42 Å². The summed E-state index contributed by atoms with van der Waals surface area (Å²) in [6, 6.07) is 18.3. The Hall–Kier alpha value is -2.18. The molecule has 0 aliphatic carbocycles. The zero-order valence-electron chi connectivity index (χ0n) is 15.4. The van der Waals surface area contributed by atoms with Crippen LogP contribution in [0.25, 0.3) is 0 Å². The van der Waals surface area contributed by atoms with E-state index in [2.05, 4.69) is 39.9 Å². The maximum atomic E-state index is 5.73. The van der Waals surface area contributed by atoms with Crippen LogP contribution in [0.4, 0.5) is 5.69 Å². The van der Waals surface area contributed by atoms with Crippen LogP contribution in [-0.4, -0.2) is 45.6 Å². The van der Waals surface area contributed by atoms with Crippen molar-refractivity contribution >= 4 is 23.4 Å². The Kier molecular flexibility index (Phi) is 9.46. The Morgan fingerprint density at radius 3 is 2.69 bits per heavy atom. The van der Waals surface area contributed by atoms with E-state index in [1.807, 2.05) is 42.1 Å². The van der Waals surface area contributed by atoms with Gasteiger partial charge < -0.3 is 20.1 Å². The maximum Gasteiger partial charge on any atom is 0.195 e. The monoisotopic (exact) mass is 373 g/mol. The van der Waals surface area contributed by atoms with Gasteiger partial charge in [-0.25, -0.2) is 0 Å². The molecule has 0 aliphatic rings. The Labute approximate surface area is 160 Å². The molecule has 0 aliphatic heterocycles. The predicted octanol–water partition coefficient (Wildman–Crippen LogP) is 3.88. The highest BCUT2D eigenvalue weighted by Gasteiger charge is 2.01. The van der Waals surface area contributed by atoms with Gasteiger partial charge in [0.1, 0.15) is 5.75 Å². The molecule has 0 unspecified atom stereocenters. The number of benzene rings is 2. The summed E-state index contributed by atoms with van der Waals surface area (Å²) in [6.45, 7) is 2.17. The summed E-state index contributed by atoms with van der Waals surface area (Å²) in [4.78, 5) is 5.55. The first-order chi connectivity index (χ1) is 12.8. The number of hydrogen-bond acceptors (Lipinski definition) is 4. The van der Waals surface area contributed by atoms with Crippen molar-refractivity contribution < 1.29 is 9.47 Å². The summed E-state index contributed by atoms with van der Waals surface area (Å²) in [6.07, 6.45) is 0.871. The standard InChI is InChI=1S/C20H27N3O2S/c1-21-20(22-12-15-26-19-10-4-3-5-11-19)23-17-8-6-9-18(16-17)25-14-7-13-24-2/h3-6,8-11,16H,7,12-15H2,1-2H3,(H2,21,22,23). The lowest BCUT2D eigenvalue weighted by atomic mass is 10.3. The fourth-order valence-corrected chi connectivity index (χ4v) is 3.02. The fourth-order valence-electron chi connectivity index (χ4n) is 2.23. The zero-order valence-corrected chi connectivity index (χ0v) is 16.2. The lowest BCUT2D eigenvalue weighted by molar-refractivity contribution is 0.172. The first-order valence-corrected chi connectivity index (χ1v) is 9.67. The van der Waals surface area contributed by atoms with Crippen LogP contribution in [-0.2, 0) is 4.74 Å². The number of nitrogens with one attached hydrogen (secondary N) is 2. The van der Waals surface area contributed by atoms with Gasteiger partial charge in [-0.15, -0.1) is 11.8 Å². The predicted molar refractivity (Wildman–Crippen MR) is 111 cm³/mol. The van der Waals surface area contributed by atoms with Crippen molar-refractivity contribution in [3.63, 3.8) is 0 Å². The number of nitrogens with zero attached hydrogens (tertiary/aromatic N) is 1. The molecular weight excluding hydrogens is 346 g/mol. The molecule has 0 atom stereocenters. The number of thioether (sulfide) groups is 1. The second kappa shape index (κ2) is 12.2. The number of rotatable bonds is 10. The van der Waals surface area contributed by atoms with E-state index in [1.54, 1.807) is 14.2 Å². The summed E-state index contributed by atoms with van der Waals surface area (Å²) in [7, 11) is 3.46. The summed E-state index contributed by atoms with van der Waals surface area (Å²) in [5.41, 5.74) is 0.943. The van der Waals surface area contributed by atoms with Gasteiger partial charge >= 0.3 is 0 Å². The van der Waals surface area contributed by atoms with Crippen molar-refractivity contribution in [1.82, 2.24) is 5.32 Å². The molecule has 140 valence electrons. The van der Waals surface area contributed by atoms with E-state index in [0.717, 1.165) is 36.1 Å². The highest BCUT2D eigenvalue weighted by atomic mass is 32.2. The second-order valence-corrected chi connectivity index (χ2v) is 6.68. The largest absolute Gasteiger partial charge is 0.493 e. The molecule has 2 N–H and O–H groups in total. The minimum Gasteiger partial charge on any atom is -0.493 e. The van der Waals surface area contributed by atoms with Gasteiger partial charge in [0.15, 0.2) is 5.96 Å². The Bertz CT molecular complexity index is 665. The molecule has 0 fully saturated rings. The molecule has 0 saturated carbocycles. The first-order valence-electron chi connectivity index (χ1n) is 8.69. The lowest BCUT2D eigenvalue weighted by Gasteiger charge is -2.13. The lowest BCUT2D eigenvalue weighted by Crippen LogP contribution is -2.32. The number of hydrogen-bond donors (Lipinski definition) is 2. The van der Waals surface area contributed by atoms with Gasteiger partial charge in [0.2, 0.25) is 0 Å². The van der Waals surface area contributed by atoms with E-state index in [-0.39, 0.29) is 0 Å². The van der Waals surface area contributed by atoms with E-state index in [4.69, 9.17) is 9.47 Å². The van der Waals surface area contributed by atoms with Crippen LogP contribution in [0.3, 0.4) is 0 Å². The number of methoxy groups -OCH3 is 1. The van der Waals surface area contributed by atoms with Crippen molar-refractivity contribution in [3.05, 3.63) is 54.6 Å². The first kappa shape index (κ1) is 20.1. The molecule has 2 aromatic rings. The van der Waals surface area contributed by atoms with Gasteiger partial charge in [0.25, 0.3) is 0 Å². The van der Waals surface area contributed by atoms with Crippen molar-refractivity contribution in [2.24, 2.45) is 4.99 Å². The maximum absolute atomic E-state index is 5.73. The normalized spacial score (nSPS) is 11.2. The van der Waals surface area contributed by atoms with E-state index in [9.17, 15) is 0 Å². The highest BCUT2D eigenvalue weighted by molar-refractivity contribution is 7.99. The van der Waals surface area contributed by atoms with Gasteiger partial charge in [-0.05, 0) is 24.3 Å². The summed E-state index contributed by atoms with van der Waals surface area (Å²) < 4.78 is 10.8. The van der Waals surface area contributed by atoms with Crippen LogP contribution in [0.15, 0.2) is 64.5 Å². The molecule has 2 rings (SSSR count). The number of ether oxygens (including phenoxy) is 2. The van der Waals surface area contributed by atoms with Gasteiger partial charge in [-0.3, -0.25) is 4.99 Å². The summed E-state index contributed by atoms with van der Waals surface area (Å²) >= 11 is 1.82. The molecule has 0 aromatic heterocycles. The fraction of sp³-hybridized carbons (Fsp3) is 0.350. The second-order valence-electron chi connectivity index (χ2n) is 5.51. The zero-order chi connectivity index (χ0) is 18.5. The third-order valence-electron chi connectivity index (χ3n) is 3.49. The SMILES string of the molecule is CN=C(NCCSc1ccccc1)Nc1cccc(OCCCOC)c1. The van der Waals surface area contributed by atoms with Gasteiger partial charge in [0.05, 0.1) is 6.61 Å². The van der Waals surface area contributed by atoms with Crippen molar-refractivity contribution in [1.29, 1.82) is 0 Å². The average molecular weight is 374 g/mol. The molecule has 2 aromatic carbocycles. The average Bonchev–Trinajstić information content (AvgIpc) is 2.69. The molecule has 6 heteroatoms. The number of guanidine groups is 1. The van der Waals surface area contributed by atoms with Crippen LogP contribution in [0, 0.1) is 0 Å². The van der Waals surface area contributed by atoms with Crippen LogP contribution >= 0.6 is 11.8 Å². The molecule has 26 heavy (non-hydrogen) atoms. The number of aliphatic imine (C=N–C) groups is 1. The smallest absolute Gasteiger partial charge is 0.195 e. The highest BCUT2D eigenvalue weighted by Crippen LogP contribution is 2.18. The Morgan fingerprint density at radius 1 is 1.08 bits per heavy atom. The van der Waals surface area contributed by atoms with Crippen molar-refractivity contribution in [2.75, 3.05) is 45.0 Å². The van der Waals surface area contributed by atoms with E-state index < -0.39 is 0 Å². The van der Waals surface area contributed by atoms with E-state index in [0.29, 0.717) is 13.2 Å². The summed E-state index contributed by atoms with van der Waals surface area (Å²) in [5.74, 6) is 2.55. The molecule has 0 radical (unpaired) electrons. The van der Waals surface area contributed by atoms with Crippen LogP contribution in [0.5, 0.6) is 5.75 Å².